The normalized spacial score (nSPS) is 15.9. The summed E-state index contributed by atoms with van der Waals surface area (Å²) in [6.45, 7) is 10.0. The Morgan fingerprint density at radius 1 is 0.759 bits per heavy atom. The van der Waals surface area contributed by atoms with Gasteiger partial charge in [0.2, 0.25) is 0 Å². The highest BCUT2D eigenvalue weighted by molar-refractivity contribution is 6.34. The van der Waals surface area contributed by atoms with Gasteiger partial charge in [0.25, 0.3) is 23.6 Å². The van der Waals surface area contributed by atoms with Gasteiger partial charge in [-0.1, -0.05) is 20.8 Å². The van der Waals surface area contributed by atoms with Gasteiger partial charge in [-0.15, -0.1) is 0 Å². The highest BCUT2D eigenvalue weighted by Crippen LogP contribution is 2.41. The lowest BCUT2D eigenvalue weighted by Gasteiger charge is -2.34. The third kappa shape index (κ3) is 2.55. The summed E-state index contributed by atoms with van der Waals surface area (Å²) >= 11 is 0. The van der Waals surface area contributed by atoms with Crippen molar-refractivity contribution in [1.82, 2.24) is 9.80 Å². The van der Waals surface area contributed by atoms with Gasteiger partial charge in [0.15, 0.2) is 0 Å². The van der Waals surface area contributed by atoms with Gasteiger partial charge >= 0.3 is 0 Å². The van der Waals surface area contributed by atoms with Crippen molar-refractivity contribution in [3.05, 3.63) is 45.5 Å². The van der Waals surface area contributed by atoms with Crippen LogP contribution in [0.5, 0.6) is 0 Å². The molecule has 2 aliphatic heterocycles. The molecule has 0 saturated heterocycles. The van der Waals surface area contributed by atoms with Gasteiger partial charge in [0, 0.05) is 35.0 Å². The van der Waals surface area contributed by atoms with E-state index in [1.165, 1.54) is 9.80 Å². The number of aryl methyl sites for hydroxylation is 2. The zero-order valence-corrected chi connectivity index (χ0v) is 17.4. The summed E-state index contributed by atoms with van der Waals surface area (Å²) in [6.07, 6.45) is 0.658. The average molecular weight is 392 g/mol. The molecule has 6 nitrogen and oxygen atoms in total. The van der Waals surface area contributed by atoms with Crippen LogP contribution in [0.15, 0.2) is 12.1 Å². The van der Waals surface area contributed by atoms with Crippen molar-refractivity contribution in [3.8, 4) is 0 Å². The van der Waals surface area contributed by atoms with Crippen molar-refractivity contribution in [3.63, 3.8) is 0 Å². The number of amides is 4. The molecule has 2 aromatic rings. The number of hydrogen-bond donors (Lipinski definition) is 0. The maximum Gasteiger partial charge on any atom is 0.261 e. The number of nitrogens with zero attached hydrogens (tertiary/aromatic N) is 2. The Labute approximate surface area is 169 Å². The van der Waals surface area contributed by atoms with Crippen molar-refractivity contribution >= 4 is 34.4 Å². The van der Waals surface area contributed by atoms with E-state index in [0.29, 0.717) is 63.7 Å². The van der Waals surface area contributed by atoms with E-state index in [2.05, 4.69) is 0 Å². The molecule has 2 aliphatic rings. The molecule has 0 saturated carbocycles. The van der Waals surface area contributed by atoms with Crippen molar-refractivity contribution in [1.29, 1.82) is 0 Å². The number of rotatable bonds is 4. The maximum absolute atomic E-state index is 13.2. The SMILES string of the molecule is CCCN1C(=O)c2cc(C)c3c4c(cc(C)c(c24)C1=O)C(=O)N(CC(C)C)C3=O. The van der Waals surface area contributed by atoms with Gasteiger partial charge in [0.05, 0.1) is 11.1 Å². The van der Waals surface area contributed by atoms with Crippen LogP contribution in [0.25, 0.3) is 10.8 Å². The first-order valence-corrected chi connectivity index (χ1v) is 10.0. The van der Waals surface area contributed by atoms with E-state index in [0.717, 1.165) is 0 Å². The second-order valence-electron chi connectivity index (χ2n) is 8.36. The molecule has 0 aromatic heterocycles. The lowest BCUT2D eigenvalue weighted by atomic mass is 9.81. The lowest BCUT2D eigenvalue weighted by Crippen LogP contribution is -2.45. The minimum absolute atomic E-state index is 0.129. The summed E-state index contributed by atoms with van der Waals surface area (Å²) in [5, 5.41) is 0.905. The molecule has 4 rings (SSSR count). The molecule has 4 amide bonds. The minimum atomic E-state index is -0.363. The summed E-state index contributed by atoms with van der Waals surface area (Å²) in [5.74, 6) is -1.30. The summed E-state index contributed by atoms with van der Waals surface area (Å²) in [5.41, 5.74) is 2.93. The van der Waals surface area contributed by atoms with E-state index in [-0.39, 0.29) is 29.5 Å². The summed E-state index contributed by atoms with van der Waals surface area (Å²) in [7, 11) is 0. The van der Waals surface area contributed by atoms with E-state index in [1.807, 2.05) is 20.8 Å². The quantitative estimate of drug-likeness (QED) is 0.744. The highest BCUT2D eigenvalue weighted by Gasteiger charge is 2.41. The molecule has 150 valence electrons. The minimum Gasteiger partial charge on any atom is -0.274 e. The van der Waals surface area contributed by atoms with Crippen LogP contribution in [0.3, 0.4) is 0 Å². The van der Waals surface area contributed by atoms with Crippen molar-refractivity contribution in [2.45, 2.75) is 41.0 Å². The molecule has 0 unspecified atom stereocenters. The van der Waals surface area contributed by atoms with Gasteiger partial charge in [-0.05, 0) is 49.4 Å². The Hall–Kier alpha value is -3.02. The monoisotopic (exact) mass is 392 g/mol. The fourth-order valence-corrected chi connectivity index (χ4v) is 4.50. The number of carbonyl (C=O) groups excluding carboxylic acids is 4. The molecule has 0 radical (unpaired) electrons. The first-order chi connectivity index (χ1) is 13.7. The van der Waals surface area contributed by atoms with Crippen LogP contribution in [0.2, 0.25) is 0 Å². The molecule has 0 atom stereocenters. The highest BCUT2D eigenvalue weighted by atomic mass is 16.2. The van der Waals surface area contributed by atoms with Crippen molar-refractivity contribution in [2.24, 2.45) is 5.92 Å². The number of benzene rings is 2. The Balaban J connectivity index is 2.10. The molecule has 0 aliphatic carbocycles. The molecule has 0 bridgehead atoms. The van der Waals surface area contributed by atoms with Gasteiger partial charge in [0.1, 0.15) is 0 Å². The van der Waals surface area contributed by atoms with Gasteiger partial charge in [-0.2, -0.15) is 0 Å². The number of carbonyl (C=O) groups is 4. The van der Waals surface area contributed by atoms with Crippen LogP contribution in [-0.2, 0) is 0 Å². The molecule has 2 aromatic carbocycles. The molecule has 29 heavy (non-hydrogen) atoms. The third-order valence-electron chi connectivity index (χ3n) is 5.66. The molecular weight excluding hydrogens is 368 g/mol. The zero-order chi connectivity index (χ0) is 21.2. The molecular formula is C23H24N2O4. The summed E-state index contributed by atoms with van der Waals surface area (Å²) < 4.78 is 0. The van der Waals surface area contributed by atoms with Crippen LogP contribution in [0.4, 0.5) is 0 Å². The number of hydrogen-bond acceptors (Lipinski definition) is 4. The second-order valence-corrected chi connectivity index (χ2v) is 8.36. The van der Waals surface area contributed by atoms with E-state index in [1.54, 1.807) is 26.0 Å². The average Bonchev–Trinajstić information content (AvgIpc) is 2.65. The smallest absolute Gasteiger partial charge is 0.261 e. The van der Waals surface area contributed by atoms with E-state index in [9.17, 15) is 19.2 Å². The fraction of sp³-hybridized carbons (Fsp3) is 0.391. The Morgan fingerprint density at radius 2 is 1.21 bits per heavy atom. The van der Waals surface area contributed by atoms with Gasteiger partial charge < -0.3 is 0 Å². The van der Waals surface area contributed by atoms with Crippen LogP contribution >= 0.6 is 0 Å². The predicted molar refractivity (Wildman–Crippen MR) is 109 cm³/mol. The standard InChI is InChI=1S/C23H24N2O4/c1-6-7-24-20(26)14-8-13(5)17-19-15(9-12(4)16(18(14)19)22(24)28)21(27)25(23(17)29)10-11(2)3/h8-9,11H,6-7,10H2,1-5H3. The first-order valence-electron chi connectivity index (χ1n) is 10.0. The molecule has 0 N–H and O–H groups in total. The summed E-state index contributed by atoms with van der Waals surface area (Å²) in [6, 6.07) is 3.40. The van der Waals surface area contributed by atoms with E-state index in [4.69, 9.17) is 0 Å². The fourth-order valence-electron chi connectivity index (χ4n) is 4.50. The third-order valence-corrected chi connectivity index (χ3v) is 5.66. The second kappa shape index (κ2) is 6.51. The van der Waals surface area contributed by atoms with Gasteiger partial charge in [-0.25, -0.2) is 0 Å². The topological polar surface area (TPSA) is 74.8 Å². The maximum atomic E-state index is 13.2. The van der Waals surface area contributed by atoms with Crippen molar-refractivity contribution < 1.29 is 19.2 Å². The lowest BCUT2D eigenvalue weighted by molar-refractivity contribution is 0.0577. The first kappa shape index (κ1) is 19.3. The number of imide groups is 2. The van der Waals surface area contributed by atoms with E-state index < -0.39 is 0 Å². The predicted octanol–water partition coefficient (Wildman–Crippen LogP) is 3.71. The zero-order valence-electron chi connectivity index (χ0n) is 17.4. The Morgan fingerprint density at radius 3 is 1.66 bits per heavy atom. The van der Waals surface area contributed by atoms with Crippen LogP contribution in [0, 0.1) is 19.8 Å². The van der Waals surface area contributed by atoms with Crippen LogP contribution in [0.1, 0.15) is 79.8 Å². The summed E-state index contributed by atoms with van der Waals surface area (Å²) in [4.78, 5) is 55.2. The molecule has 0 spiro atoms. The largest absolute Gasteiger partial charge is 0.274 e. The molecule has 2 heterocycles. The Bertz CT molecular complexity index is 1130. The van der Waals surface area contributed by atoms with Gasteiger partial charge in [-0.3, -0.25) is 29.0 Å². The van der Waals surface area contributed by atoms with Crippen LogP contribution < -0.4 is 0 Å². The Kier molecular flexibility index (Phi) is 4.33. The van der Waals surface area contributed by atoms with E-state index >= 15 is 0 Å². The van der Waals surface area contributed by atoms with Crippen LogP contribution in [-0.4, -0.2) is 46.5 Å². The van der Waals surface area contributed by atoms with Crippen molar-refractivity contribution in [2.75, 3.05) is 13.1 Å². The molecule has 0 fully saturated rings. The molecule has 6 heteroatoms.